The number of hydrogen-bond donors (Lipinski definition) is 1. The molecule has 76 valence electrons. The molecular formula is C10H19NOS. The molecular weight excluding hydrogens is 182 g/mol. The average Bonchev–Trinajstić information content (AvgIpc) is 2.71. The van der Waals surface area contributed by atoms with Crippen LogP contribution in [0.2, 0.25) is 0 Å². The van der Waals surface area contributed by atoms with Crippen molar-refractivity contribution in [2.45, 2.75) is 37.8 Å². The highest BCUT2D eigenvalue weighted by molar-refractivity contribution is 7.99. The largest absolute Gasteiger partial charge is 0.375 e. The summed E-state index contributed by atoms with van der Waals surface area (Å²) < 4.78 is 5.71. The molecule has 13 heavy (non-hydrogen) atoms. The van der Waals surface area contributed by atoms with E-state index >= 15 is 0 Å². The molecule has 2 aliphatic rings. The molecule has 1 aliphatic carbocycles. The highest BCUT2D eigenvalue weighted by Gasteiger charge is 2.30. The van der Waals surface area contributed by atoms with Crippen LogP contribution in [0.4, 0.5) is 0 Å². The van der Waals surface area contributed by atoms with Crippen LogP contribution in [0.3, 0.4) is 0 Å². The minimum atomic E-state index is 0.301. The Hall–Kier alpha value is 0.270. The van der Waals surface area contributed by atoms with Gasteiger partial charge in [0.05, 0.1) is 12.7 Å². The van der Waals surface area contributed by atoms with Crippen molar-refractivity contribution in [1.82, 2.24) is 0 Å². The fraction of sp³-hybridized carbons (Fsp3) is 1.00. The van der Waals surface area contributed by atoms with Crippen molar-refractivity contribution in [2.75, 3.05) is 18.1 Å². The lowest BCUT2D eigenvalue weighted by molar-refractivity contribution is 0.0424. The van der Waals surface area contributed by atoms with Crippen LogP contribution in [0.5, 0.6) is 0 Å². The van der Waals surface area contributed by atoms with Crippen LogP contribution in [0.25, 0.3) is 0 Å². The van der Waals surface area contributed by atoms with E-state index in [4.69, 9.17) is 10.5 Å². The van der Waals surface area contributed by atoms with E-state index in [1.54, 1.807) is 0 Å². The van der Waals surface area contributed by atoms with Crippen molar-refractivity contribution in [1.29, 1.82) is 0 Å². The SMILES string of the molecule is NC(C1CCCC1)C1CSCCO1. The van der Waals surface area contributed by atoms with Gasteiger partial charge >= 0.3 is 0 Å². The highest BCUT2D eigenvalue weighted by atomic mass is 32.2. The Bertz CT molecular complexity index is 153. The van der Waals surface area contributed by atoms with Crippen LogP contribution in [-0.2, 0) is 4.74 Å². The maximum Gasteiger partial charge on any atom is 0.0819 e. The predicted octanol–water partition coefficient (Wildman–Crippen LogP) is 1.64. The Labute approximate surface area is 84.6 Å². The van der Waals surface area contributed by atoms with Gasteiger partial charge in [-0.2, -0.15) is 11.8 Å². The topological polar surface area (TPSA) is 35.2 Å². The molecule has 0 bridgehead atoms. The van der Waals surface area contributed by atoms with Gasteiger partial charge in [-0.25, -0.2) is 0 Å². The fourth-order valence-electron chi connectivity index (χ4n) is 2.37. The maximum atomic E-state index is 6.22. The monoisotopic (exact) mass is 201 g/mol. The molecule has 0 aromatic carbocycles. The zero-order chi connectivity index (χ0) is 9.10. The summed E-state index contributed by atoms with van der Waals surface area (Å²) in [6.45, 7) is 0.899. The summed E-state index contributed by atoms with van der Waals surface area (Å²) in [5.74, 6) is 3.00. The molecule has 1 saturated carbocycles. The number of hydrogen-bond acceptors (Lipinski definition) is 3. The second-order valence-electron chi connectivity index (χ2n) is 4.11. The summed E-state index contributed by atoms with van der Waals surface area (Å²) >= 11 is 1.99. The molecule has 2 nitrogen and oxygen atoms in total. The molecule has 0 radical (unpaired) electrons. The predicted molar refractivity (Wildman–Crippen MR) is 57.0 cm³/mol. The van der Waals surface area contributed by atoms with Crippen LogP contribution >= 0.6 is 11.8 Å². The molecule has 2 N–H and O–H groups in total. The van der Waals surface area contributed by atoms with Gasteiger partial charge in [0.1, 0.15) is 0 Å². The second kappa shape index (κ2) is 4.67. The molecule has 3 heteroatoms. The van der Waals surface area contributed by atoms with Crippen LogP contribution < -0.4 is 5.73 Å². The molecule has 1 heterocycles. The van der Waals surface area contributed by atoms with E-state index in [9.17, 15) is 0 Å². The van der Waals surface area contributed by atoms with Gasteiger partial charge in [-0.1, -0.05) is 12.8 Å². The third kappa shape index (κ3) is 2.39. The molecule has 1 saturated heterocycles. The van der Waals surface area contributed by atoms with Gasteiger partial charge in [0, 0.05) is 17.5 Å². The van der Waals surface area contributed by atoms with Crippen LogP contribution in [0, 0.1) is 5.92 Å². The molecule has 0 amide bonds. The van der Waals surface area contributed by atoms with Gasteiger partial charge in [0.2, 0.25) is 0 Å². The number of rotatable bonds is 2. The van der Waals surface area contributed by atoms with Crippen molar-refractivity contribution in [3.63, 3.8) is 0 Å². The van der Waals surface area contributed by atoms with Gasteiger partial charge in [-0.3, -0.25) is 0 Å². The number of nitrogens with two attached hydrogens (primary N) is 1. The lowest BCUT2D eigenvalue weighted by Gasteiger charge is -2.31. The van der Waals surface area contributed by atoms with E-state index in [0.717, 1.165) is 24.0 Å². The standard InChI is InChI=1S/C10H19NOS/c11-10(8-3-1-2-4-8)9-7-13-6-5-12-9/h8-10H,1-7,11H2. The molecule has 2 rings (SSSR count). The van der Waals surface area contributed by atoms with Gasteiger partial charge in [-0.15, -0.1) is 0 Å². The van der Waals surface area contributed by atoms with E-state index < -0.39 is 0 Å². The van der Waals surface area contributed by atoms with Gasteiger partial charge in [-0.05, 0) is 18.8 Å². The quantitative estimate of drug-likeness (QED) is 0.737. The highest BCUT2D eigenvalue weighted by Crippen LogP contribution is 2.30. The minimum Gasteiger partial charge on any atom is -0.375 e. The molecule has 0 aromatic heterocycles. The Morgan fingerprint density at radius 3 is 2.69 bits per heavy atom. The molecule has 2 unspecified atom stereocenters. The lowest BCUT2D eigenvalue weighted by atomic mass is 9.95. The zero-order valence-corrected chi connectivity index (χ0v) is 8.89. The van der Waals surface area contributed by atoms with Crippen LogP contribution in [0.15, 0.2) is 0 Å². The number of thioether (sulfide) groups is 1. The van der Waals surface area contributed by atoms with Gasteiger partial charge in [0.25, 0.3) is 0 Å². The first-order valence-electron chi connectivity index (χ1n) is 5.33. The smallest absolute Gasteiger partial charge is 0.0819 e. The Morgan fingerprint density at radius 2 is 2.08 bits per heavy atom. The first-order valence-corrected chi connectivity index (χ1v) is 6.48. The van der Waals surface area contributed by atoms with Crippen LogP contribution in [-0.4, -0.2) is 30.3 Å². The molecule has 1 aliphatic heterocycles. The van der Waals surface area contributed by atoms with Crippen molar-refractivity contribution in [2.24, 2.45) is 11.7 Å². The van der Waals surface area contributed by atoms with E-state index in [1.165, 1.54) is 25.7 Å². The Balaban J connectivity index is 1.83. The first kappa shape index (κ1) is 9.81. The zero-order valence-electron chi connectivity index (χ0n) is 8.08. The molecule has 2 fully saturated rings. The Morgan fingerprint density at radius 1 is 1.31 bits per heavy atom. The molecule has 0 spiro atoms. The van der Waals surface area contributed by atoms with Gasteiger partial charge in [0.15, 0.2) is 0 Å². The van der Waals surface area contributed by atoms with E-state index in [0.29, 0.717) is 12.1 Å². The van der Waals surface area contributed by atoms with Gasteiger partial charge < -0.3 is 10.5 Å². The normalized spacial score (nSPS) is 33.5. The first-order chi connectivity index (χ1) is 6.38. The maximum absolute atomic E-state index is 6.22. The van der Waals surface area contributed by atoms with Crippen molar-refractivity contribution in [3.8, 4) is 0 Å². The average molecular weight is 201 g/mol. The third-order valence-corrected chi connectivity index (χ3v) is 4.23. The minimum absolute atomic E-state index is 0.301. The summed E-state index contributed by atoms with van der Waals surface area (Å²) in [6.07, 6.45) is 5.73. The molecule has 2 atom stereocenters. The lowest BCUT2D eigenvalue weighted by Crippen LogP contribution is -2.45. The van der Waals surface area contributed by atoms with E-state index in [1.807, 2.05) is 11.8 Å². The summed E-state index contributed by atoms with van der Waals surface area (Å²) in [4.78, 5) is 0. The van der Waals surface area contributed by atoms with Crippen LogP contribution in [0.1, 0.15) is 25.7 Å². The van der Waals surface area contributed by atoms with Crippen molar-refractivity contribution < 1.29 is 4.74 Å². The number of ether oxygens (including phenoxy) is 1. The second-order valence-corrected chi connectivity index (χ2v) is 5.26. The Kier molecular flexibility index (Phi) is 3.52. The molecule has 0 aromatic rings. The van der Waals surface area contributed by atoms with E-state index in [-0.39, 0.29) is 0 Å². The third-order valence-electron chi connectivity index (χ3n) is 3.22. The summed E-state index contributed by atoms with van der Waals surface area (Å²) in [7, 11) is 0. The van der Waals surface area contributed by atoms with E-state index in [2.05, 4.69) is 0 Å². The summed E-state index contributed by atoms with van der Waals surface area (Å²) in [5.41, 5.74) is 6.22. The summed E-state index contributed by atoms with van der Waals surface area (Å²) in [6, 6.07) is 0.301. The van der Waals surface area contributed by atoms with Crippen molar-refractivity contribution >= 4 is 11.8 Å². The van der Waals surface area contributed by atoms with Crippen molar-refractivity contribution in [3.05, 3.63) is 0 Å². The fourth-order valence-corrected chi connectivity index (χ4v) is 3.31. The summed E-state index contributed by atoms with van der Waals surface area (Å²) in [5, 5.41) is 0.